The van der Waals surface area contributed by atoms with Crippen LogP contribution in [0.5, 0.6) is 0 Å². The second kappa shape index (κ2) is 6.23. The van der Waals surface area contributed by atoms with E-state index in [0.29, 0.717) is 36.1 Å². The number of aromatic nitrogens is 1. The van der Waals surface area contributed by atoms with Gasteiger partial charge in [-0.3, -0.25) is 19.9 Å². The van der Waals surface area contributed by atoms with Crippen LogP contribution in [0.1, 0.15) is 43.0 Å². The van der Waals surface area contributed by atoms with E-state index in [4.69, 9.17) is 0 Å². The molecule has 0 amide bonds. The fraction of sp³-hybridized carbons (Fsp3) is 0.538. The molecule has 0 unspecified atom stereocenters. The lowest BCUT2D eigenvalue weighted by atomic mass is 10.0. The maximum atomic E-state index is 11.5. The highest BCUT2D eigenvalue weighted by molar-refractivity contribution is 5.78. The van der Waals surface area contributed by atoms with Crippen LogP contribution in [-0.4, -0.2) is 15.7 Å². The molecule has 5 nitrogen and oxygen atoms in total. The van der Waals surface area contributed by atoms with E-state index in [9.17, 15) is 14.9 Å². The SMILES string of the molecule is CCCC(=O)CCc1ncc(C)c([N+](=O)[O-])c1C. The van der Waals surface area contributed by atoms with E-state index in [1.165, 1.54) is 6.20 Å². The first-order chi connectivity index (χ1) is 8.47. The third kappa shape index (κ3) is 3.35. The molecule has 1 rings (SSSR count). The average Bonchev–Trinajstić information content (AvgIpc) is 2.28. The van der Waals surface area contributed by atoms with Gasteiger partial charge in [-0.1, -0.05) is 6.92 Å². The number of nitro groups is 1. The van der Waals surface area contributed by atoms with Crippen LogP contribution in [0.4, 0.5) is 5.69 Å². The number of rotatable bonds is 6. The lowest BCUT2D eigenvalue weighted by Gasteiger charge is -2.06. The predicted octanol–water partition coefficient (Wildman–Crippen LogP) is 2.91. The molecule has 0 radical (unpaired) electrons. The first-order valence-corrected chi connectivity index (χ1v) is 6.08. The normalized spacial score (nSPS) is 10.4. The van der Waals surface area contributed by atoms with Crippen LogP contribution in [0.3, 0.4) is 0 Å². The molecule has 0 saturated carbocycles. The van der Waals surface area contributed by atoms with E-state index in [0.717, 1.165) is 6.42 Å². The minimum absolute atomic E-state index is 0.114. The maximum Gasteiger partial charge on any atom is 0.278 e. The molecule has 0 saturated heterocycles. The quantitative estimate of drug-likeness (QED) is 0.574. The Labute approximate surface area is 106 Å². The van der Waals surface area contributed by atoms with Crippen LogP contribution in [-0.2, 0) is 11.2 Å². The molecule has 98 valence electrons. The molecule has 5 heteroatoms. The van der Waals surface area contributed by atoms with Crippen LogP contribution in [0.2, 0.25) is 0 Å². The summed E-state index contributed by atoms with van der Waals surface area (Å²) in [6, 6.07) is 0. The molecule has 0 bridgehead atoms. The van der Waals surface area contributed by atoms with Crippen molar-refractivity contribution in [3.63, 3.8) is 0 Å². The molecule has 1 heterocycles. The molecule has 0 spiro atoms. The second-order valence-corrected chi connectivity index (χ2v) is 4.41. The van der Waals surface area contributed by atoms with Crippen molar-refractivity contribution in [3.05, 3.63) is 33.1 Å². The summed E-state index contributed by atoms with van der Waals surface area (Å²) < 4.78 is 0. The van der Waals surface area contributed by atoms with Crippen LogP contribution in [0.25, 0.3) is 0 Å². The lowest BCUT2D eigenvalue weighted by Crippen LogP contribution is -2.05. The van der Waals surface area contributed by atoms with Crippen molar-refractivity contribution in [1.29, 1.82) is 0 Å². The molecule has 1 aromatic heterocycles. The Morgan fingerprint density at radius 2 is 2.06 bits per heavy atom. The van der Waals surface area contributed by atoms with Crippen molar-refractivity contribution in [2.75, 3.05) is 0 Å². The van der Waals surface area contributed by atoms with E-state index in [2.05, 4.69) is 4.98 Å². The topological polar surface area (TPSA) is 73.1 Å². The zero-order valence-electron chi connectivity index (χ0n) is 11.0. The zero-order valence-corrected chi connectivity index (χ0v) is 11.0. The van der Waals surface area contributed by atoms with Crippen LogP contribution >= 0.6 is 0 Å². The number of hydrogen-bond acceptors (Lipinski definition) is 4. The predicted molar refractivity (Wildman–Crippen MR) is 68.6 cm³/mol. The number of Topliss-reactive ketones (excluding diaryl/α,β-unsaturated/α-hetero) is 1. The number of ketones is 1. The number of carbonyl (C=O) groups is 1. The lowest BCUT2D eigenvalue weighted by molar-refractivity contribution is -0.386. The fourth-order valence-corrected chi connectivity index (χ4v) is 1.96. The van der Waals surface area contributed by atoms with Gasteiger partial charge >= 0.3 is 0 Å². The average molecular weight is 250 g/mol. The summed E-state index contributed by atoms with van der Waals surface area (Å²) in [6.45, 7) is 5.32. The van der Waals surface area contributed by atoms with Crippen LogP contribution < -0.4 is 0 Å². The Hall–Kier alpha value is -1.78. The fourth-order valence-electron chi connectivity index (χ4n) is 1.96. The summed E-state index contributed by atoms with van der Waals surface area (Å²) in [6.07, 6.45) is 3.78. The molecule has 18 heavy (non-hydrogen) atoms. The van der Waals surface area contributed by atoms with Crippen molar-refractivity contribution in [1.82, 2.24) is 4.98 Å². The van der Waals surface area contributed by atoms with Gasteiger partial charge in [0, 0.05) is 30.2 Å². The highest BCUT2D eigenvalue weighted by Crippen LogP contribution is 2.24. The van der Waals surface area contributed by atoms with Crippen molar-refractivity contribution in [2.24, 2.45) is 0 Å². The summed E-state index contributed by atoms with van der Waals surface area (Å²) >= 11 is 0. The van der Waals surface area contributed by atoms with Gasteiger partial charge in [0.05, 0.1) is 10.6 Å². The number of aryl methyl sites for hydroxylation is 2. The summed E-state index contributed by atoms with van der Waals surface area (Å²) in [5.74, 6) is 0.182. The largest absolute Gasteiger partial charge is 0.300 e. The van der Waals surface area contributed by atoms with Gasteiger partial charge in [-0.05, 0) is 26.7 Å². The first kappa shape index (κ1) is 14.3. The summed E-state index contributed by atoms with van der Waals surface area (Å²) in [7, 11) is 0. The minimum Gasteiger partial charge on any atom is -0.300 e. The van der Waals surface area contributed by atoms with Crippen molar-refractivity contribution in [3.8, 4) is 0 Å². The van der Waals surface area contributed by atoms with Gasteiger partial charge in [-0.15, -0.1) is 0 Å². The van der Waals surface area contributed by atoms with E-state index in [1.54, 1.807) is 13.8 Å². The van der Waals surface area contributed by atoms with E-state index < -0.39 is 0 Å². The number of hydrogen-bond donors (Lipinski definition) is 0. The maximum absolute atomic E-state index is 11.5. The van der Waals surface area contributed by atoms with E-state index in [-0.39, 0.29) is 16.4 Å². The molecule has 0 N–H and O–H groups in total. The van der Waals surface area contributed by atoms with Crippen molar-refractivity contribution < 1.29 is 9.72 Å². The Balaban J connectivity index is 2.88. The van der Waals surface area contributed by atoms with Crippen molar-refractivity contribution in [2.45, 2.75) is 46.5 Å². The molecule has 0 aliphatic rings. The summed E-state index contributed by atoms with van der Waals surface area (Å²) in [4.78, 5) is 26.2. The third-order valence-electron chi connectivity index (χ3n) is 2.93. The molecule has 0 aliphatic carbocycles. The summed E-state index contributed by atoms with van der Waals surface area (Å²) in [5, 5.41) is 10.9. The van der Waals surface area contributed by atoms with E-state index in [1.807, 2.05) is 6.92 Å². The first-order valence-electron chi connectivity index (χ1n) is 6.08. The molecule has 0 aliphatic heterocycles. The van der Waals surface area contributed by atoms with Crippen LogP contribution in [0.15, 0.2) is 6.20 Å². The Bertz CT molecular complexity index is 470. The van der Waals surface area contributed by atoms with Gasteiger partial charge in [0.15, 0.2) is 0 Å². The number of nitrogens with zero attached hydrogens (tertiary/aromatic N) is 2. The van der Waals surface area contributed by atoms with Gasteiger partial charge in [0.25, 0.3) is 5.69 Å². The van der Waals surface area contributed by atoms with Gasteiger partial charge in [-0.25, -0.2) is 0 Å². The van der Waals surface area contributed by atoms with Gasteiger partial charge in [-0.2, -0.15) is 0 Å². The van der Waals surface area contributed by atoms with Gasteiger partial charge in [0.1, 0.15) is 5.78 Å². The molecule has 1 aromatic rings. The van der Waals surface area contributed by atoms with E-state index >= 15 is 0 Å². The smallest absolute Gasteiger partial charge is 0.278 e. The number of pyridine rings is 1. The molecule has 0 atom stereocenters. The third-order valence-corrected chi connectivity index (χ3v) is 2.93. The monoisotopic (exact) mass is 250 g/mol. The number of carbonyl (C=O) groups excluding carboxylic acids is 1. The Morgan fingerprint density at radius 1 is 1.39 bits per heavy atom. The Kier molecular flexibility index (Phi) is 4.95. The zero-order chi connectivity index (χ0) is 13.7. The minimum atomic E-state index is -0.385. The standard InChI is InChI=1S/C13H18N2O3/c1-4-5-11(16)6-7-12-10(3)13(15(17)18)9(2)8-14-12/h8H,4-7H2,1-3H3. The highest BCUT2D eigenvalue weighted by Gasteiger charge is 2.18. The molecule has 0 fully saturated rings. The highest BCUT2D eigenvalue weighted by atomic mass is 16.6. The Morgan fingerprint density at radius 3 is 2.61 bits per heavy atom. The second-order valence-electron chi connectivity index (χ2n) is 4.41. The molecule has 0 aromatic carbocycles. The van der Waals surface area contributed by atoms with Crippen molar-refractivity contribution >= 4 is 11.5 Å². The summed E-state index contributed by atoms with van der Waals surface area (Å²) in [5.41, 5.74) is 1.89. The molecular formula is C13H18N2O3. The van der Waals surface area contributed by atoms with Crippen LogP contribution in [0, 0.1) is 24.0 Å². The van der Waals surface area contributed by atoms with Gasteiger partial charge < -0.3 is 0 Å². The molecular weight excluding hydrogens is 232 g/mol. The van der Waals surface area contributed by atoms with Gasteiger partial charge in [0.2, 0.25) is 0 Å².